The van der Waals surface area contributed by atoms with Crippen molar-refractivity contribution in [2.45, 2.75) is 6.42 Å². The third-order valence-corrected chi connectivity index (χ3v) is 4.45. The number of rotatable bonds is 5. The van der Waals surface area contributed by atoms with Gasteiger partial charge in [0, 0.05) is 16.0 Å². The molecule has 1 heterocycles. The number of carbonyl (C=O) groups is 1. The second-order valence-corrected chi connectivity index (χ2v) is 6.27. The van der Waals surface area contributed by atoms with Crippen LogP contribution in [0, 0.1) is 0 Å². The molecule has 6 heteroatoms. The quantitative estimate of drug-likeness (QED) is 0.492. The maximum atomic E-state index is 12.0. The largest absolute Gasteiger partial charge is 0.497 e. The summed E-state index contributed by atoms with van der Waals surface area (Å²) in [5.41, 5.74) is 1.66. The zero-order valence-corrected chi connectivity index (χ0v) is 14.4. The van der Waals surface area contributed by atoms with Crippen molar-refractivity contribution in [3.05, 3.63) is 64.6 Å². The van der Waals surface area contributed by atoms with Gasteiger partial charge in [0.2, 0.25) is 0 Å². The number of ether oxygens (including phenoxy) is 2. The number of halogens is 1. The van der Waals surface area contributed by atoms with Gasteiger partial charge in [-0.1, -0.05) is 23.7 Å². The minimum Gasteiger partial charge on any atom is -0.497 e. The highest BCUT2D eigenvalue weighted by molar-refractivity contribution is 7.13. The monoisotopic (exact) mass is 359 g/mol. The van der Waals surface area contributed by atoms with Gasteiger partial charge in [-0.25, -0.2) is 4.98 Å². The maximum Gasteiger partial charge on any atom is 0.317 e. The lowest BCUT2D eigenvalue weighted by molar-refractivity contribution is -0.133. The van der Waals surface area contributed by atoms with Crippen molar-refractivity contribution in [2.75, 3.05) is 7.11 Å². The fraction of sp³-hybridized carbons (Fsp3) is 0.111. The number of aromatic nitrogens is 1. The lowest BCUT2D eigenvalue weighted by atomic mass is 10.2. The molecule has 0 aliphatic rings. The Morgan fingerprint density at radius 2 is 1.75 bits per heavy atom. The van der Waals surface area contributed by atoms with Crippen molar-refractivity contribution in [2.24, 2.45) is 0 Å². The molecule has 3 rings (SSSR count). The Morgan fingerprint density at radius 3 is 2.42 bits per heavy atom. The molecule has 2 aromatic carbocycles. The van der Waals surface area contributed by atoms with Crippen LogP contribution in [0.2, 0.25) is 5.02 Å². The molecule has 1 aromatic heterocycles. The Hall–Kier alpha value is -2.37. The van der Waals surface area contributed by atoms with Gasteiger partial charge in [0.15, 0.2) is 0 Å². The first-order chi connectivity index (χ1) is 11.6. The minimum atomic E-state index is -0.354. The molecule has 24 heavy (non-hydrogen) atoms. The molecule has 0 unspecified atom stereocenters. The predicted octanol–water partition coefficient (Wildman–Crippen LogP) is 4.62. The summed E-state index contributed by atoms with van der Waals surface area (Å²) >= 11 is 7.37. The number of hydrogen-bond acceptors (Lipinski definition) is 5. The van der Waals surface area contributed by atoms with Crippen LogP contribution in [0.15, 0.2) is 53.9 Å². The molecule has 0 radical (unpaired) electrons. The fourth-order valence-electron chi connectivity index (χ4n) is 2.07. The second-order valence-electron chi connectivity index (χ2n) is 4.98. The highest BCUT2D eigenvalue weighted by Gasteiger charge is 2.11. The van der Waals surface area contributed by atoms with Crippen molar-refractivity contribution in [1.29, 1.82) is 0 Å². The first kappa shape index (κ1) is 16.5. The molecular formula is C18H14ClNO3S. The fourth-order valence-corrected chi connectivity index (χ4v) is 3.02. The van der Waals surface area contributed by atoms with Crippen molar-refractivity contribution in [1.82, 2.24) is 4.98 Å². The van der Waals surface area contributed by atoms with Gasteiger partial charge in [0.05, 0.1) is 19.2 Å². The molecule has 3 aromatic rings. The zero-order valence-electron chi connectivity index (χ0n) is 12.9. The molecule has 4 nitrogen and oxygen atoms in total. The number of benzene rings is 2. The Balaban J connectivity index is 1.63. The SMILES string of the molecule is COc1ccc(OC(=O)Cc2csc(-c3ccc(Cl)cc3)n2)cc1. The van der Waals surface area contributed by atoms with Crippen LogP contribution in [-0.4, -0.2) is 18.1 Å². The molecule has 0 amide bonds. The molecule has 0 aliphatic carbocycles. The van der Waals surface area contributed by atoms with Gasteiger partial charge in [0.1, 0.15) is 16.5 Å². The van der Waals surface area contributed by atoms with Crippen molar-refractivity contribution in [3.8, 4) is 22.1 Å². The highest BCUT2D eigenvalue weighted by atomic mass is 35.5. The van der Waals surface area contributed by atoms with Crippen molar-refractivity contribution < 1.29 is 14.3 Å². The van der Waals surface area contributed by atoms with Gasteiger partial charge < -0.3 is 9.47 Å². The summed E-state index contributed by atoms with van der Waals surface area (Å²) in [7, 11) is 1.58. The van der Waals surface area contributed by atoms with Crippen LogP contribution in [0.5, 0.6) is 11.5 Å². The van der Waals surface area contributed by atoms with E-state index in [1.807, 2.05) is 29.6 Å². The van der Waals surface area contributed by atoms with Crippen LogP contribution in [0.25, 0.3) is 10.6 Å². The molecule has 0 spiro atoms. The molecule has 0 bridgehead atoms. The van der Waals surface area contributed by atoms with E-state index in [4.69, 9.17) is 21.1 Å². The Kier molecular flexibility index (Phi) is 5.13. The maximum absolute atomic E-state index is 12.0. The number of nitrogens with zero attached hydrogens (tertiary/aromatic N) is 1. The summed E-state index contributed by atoms with van der Waals surface area (Å²) < 4.78 is 10.4. The first-order valence-electron chi connectivity index (χ1n) is 7.19. The number of methoxy groups -OCH3 is 1. The summed E-state index contributed by atoms with van der Waals surface area (Å²) in [4.78, 5) is 16.5. The molecule has 0 saturated heterocycles. The molecule has 0 N–H and O–H groups in total. The van der Waals surface area contributed by atoms with Crippen molar-refractivity contribution in [3.63, 3.8) is 0 Å². The van der Waals surface area contributed by atoms with E-state index in [0.29, 0.717) is 22.2 Å². The number of esters is 1. The smallest absolute Gasteiger partial charge is 0.317 e. The molecule has 0 fully saturated rings. The Bertz CT molecular complexity index is 828. The van der Waals surface area contributed by atoms with E-state index >= 15 is 0 Å². The van der Waals surface area contributed by atoms with Crippen LogP contribution in [0.3, 0.4) is 0 Å². The van der Waals surface area contributed by atoms with Gasteiger partial charge in [0.25, 0.3) is 0 Å². The average Bonchev–Trinajstić information content (AvgIpc) is 3.04. The van der Waals surface area contributed by atoms with Gasteiger partial charge in [-0.05, 0) is 36.4 Å². The summed E-state index contributed by atoms with van der Waals surface area (Å²) in [5, 5.41) is 3.39. The van der Waals surface area contributed by atoms with Crippen LogP contribution in [0.1, 0.15) is 5.69 Å². The van der Waals surface area contributed by atoms with E-state index in [1.54, 1.807) is 31.4 Å². The molecule has 0 saturated carbocycles. The number of carbonyl (C=O) groups excluding carboxylic acids is 1. The summed E-state index contributed by atoms with van der Waals surface area (Å²) in [6.45, 7) is 0. The number of hydrogen-bond donors (Lipinski definition) is 0. The first-order valence-corrected chi connectivity index (χ1v) is 8.45. The predicted molar refractivity (Wildman–Crippen MR) is 94.9 cm³/mol. The standard InChI is InChI=1S/C18H14ClNO3S/c1-22-15-6-8-16(9-7-15)23-17(21)10-14-11-24-18(20-14)12-2-4-13(19)5-3-12/h2-9,11H,10H2,1H3. The highest BCUT2D eigenvalue weighted by Crippen LogP contribution is 2.25. The molecular weight excluding hydrogens is 346 g/mol. The second kappa shape index (κ2) is 7.47. The van der Waals surface area contributed by atoms with E-state index in [0.717, 1.165) is 10.6 Å². The Labute approximate surface area is 148 Å². The lowest BCUT2D eigenvalue weighted by Gasteiger charge is -2.04. The molecule has 0 aliphatic heterocycles. The third-order valence-electron chi connectivity index (χ3n) is 3.26. The molecule has 0 atom stereocenters. The van der Waals surface area contributed by atoms with E-state index in [2.05, 4.69) is 4.98 Å². The topological polar surface area (TPSA) is 48.4 Å². The van der Waals surface area contributed by atoms with E-state index in [1.165, 1.54) is 11.3 Å². The lowest BCUT2D eigenvalue weighted by Crippen LogP contribution is -2.11. The van der Waals surface area contributed by atoms with Gasteiger partial charge in [-0.15, -0.1) is 11.3 Å². The van der Waals surface area contributed by atoms with E-state index in [-0.39, 0.29) is 12.4 Å². The van der Waals surface area contributed by atoms with E-state index in [9.17, 15) is 4.79 Å². The third kappa shape index (κ3) is 4.13. The van der Waals surface area contributed by atoms with Crippen molar-refractivity contribution >= 4 is 28.9 Å². The van der Waals surface area contributed by atoms with E-state index < -0.39 is 0 Å². The van der Waals surface area contributed by atoms with Crippen LogP contribution in [-0.2, 0) is 11.2 Å². The average molecular weight is 360 g/mol. The molecule has 122 valence electrons. The summed E-state index contributed by atoms with van der Waals surface area (Å²) in [5.74, 6) is 0.837. The minimum absolute atomic E-state index is 0.121. The normalized spacial score (nSPS) is 10.4. The van der Waals surface area contributed by atoms with Gasteiger partial charge >= 0.3 is 5.97 Å². The van der Waals surface area contributed by atoms with Gasteiger partial charge in [-0.2, -0.15) is 0 Å². The summed E-state index contributed by atoms with van der Waals surface area (Å²) in [6.07, 6.45) is 0.121. The van der Waals surface area contributed by atoms with Crippen LogP contribution in [0.4, 0.5) is 0 Å². The summed E-state index contributed by atoms with van der Waals surface area (Å²) in [6, 6.07) is 14.3. The van der Waals surface area contributed by atoms with Crippen LogP contribution < -0.4 is 9.47 Å². The van der Waals surface area contributed by atoms with Crippen LogP contribution >= 0.6 is 22.9 Å². The Morgan fingerprint density at radius 1 is 1.08 bits per heavy atom. The zero-order chi connectivity index (χ0) is 16.9. The number of thiazole rings is 1. The van der Waals surface area contributed by atoms with Gasteiger partial charge in [-0.3, -0.25) is 4.79 Å².